The van der Waals surface area contributed by atoms with Crippen molar-refractivity contribution in [2.45, 2.75) is 58.0 Å². The van der Waals surface area contributed by atoms with Crippen LogP contribution in [0.15, 0.2) is 30.3 Å². The first-order chi connectivity index (χ1) is 13.7. The number of carbonyl (C=O) groups excluding carboxylic acids is 4. The number of carbonyl (C=O) groups is 4. The van der Waals surface area contributed by atoms with Gasteiger partial charge < -0.3 is 34.2 Å². The average Bonchev–Trinajstić information content (AvgIpc) is 2.63. The van der Waals surface area contributed by atoms with Gasteiger partial charge in [-0.1, -0.05) is 30.3 Å². The minimum absolute atomic E-state index is 0.0202. The molecule has 1 aromatic carbocycles. The molecule has 1 heterocycles. The Hall–Kier alpha value is -2.98. The lowest BCUT2D eigenvalue weighted by Gasteiger charge is -2.45. The Balaban J connectivity index is 2.36. The minimum atomic E-state index is -1.78. The molecule has 5 atom stereocenters. The maximum Gasteiger partial charge on any atom is 0.303 e. The summed E-state index contributed by atoms with van der Waals surface area (Å²) in [6, 6.07) is 7.80. The monoisotopic (exact) mass is 408 g/mol. The molecule has 29 heavy (non-hydrogen) atoms. The quantitative estimate of drug-likeness (QED) is 0.565. The second kappa shape index (κ2) is 9.99. The summed E-state index contributed by atoms with van der Waals surface area (Å²) >= 11 is 0. The normalized spacial score (nSPS) is 26.2. The van der Waals surface area contributed by atoms with Gasteiger partial charge in [0.05, 0.1) is 12.6 Å². The van der Waals surface area contributed by atoms with Gasteiger partial charge in [-0.3, -0.25) is 14.4 Å². The molecule has 1 saturated heterocycles. The Morgan fingerprint density at radius 2 is 1.59 bits per heavy atom. The Morgan fingerprint density at radius 1 is 1.00 bits per heavy atom. The summed E-state index contributed by atoms with van der Waals surface area (Å²) < 4.78 is 21.3. The maximum atomic E-state index is 11.7. The topological polar surface area (TPSA) is 140 Å². The molecule has 0 spiro atoms. The van der Waals surface area contributed by atoms with Crippen LogP contribution >= 0.6 is 0 Å². The van der Waals surface area contributed by atoms with E-state index in [1.165, 1.54) is 6.92 Å². The average molecular weight is 408 g/mol. The van der Waals surface area contributed by atoms with E-state index in [0.717, 1.165) is 19.4 Å². The van der Waals surface area contributed by atoms with Crippen LogP contribution in [-0.4, -0.2) is 54.5 Å². The van der Waals surface area contributed by atoms with Crippen LogP contribution in [0.5, 0.6) is 0 Å². The number of ether oxygens (including phenoxy) is 4. The first-order valence-corrected chi connectivity index (χ1v) is 8.82. The van der Waals surface area contributed by atoms with Crippen LogP contribution in [0.2, 0.25) is 0 Å². The molecule has 10 nitrogen and oxygen atoms in total. The number of hydrogen-bond donors (Lipinski definition) is 1. The van der Waals surface area contributed by atoms with Gasteiger partial charge >= 0.3 is 11.9 Å². The van der Waals surface area contributed by atoms with E-state index in [2.05, 4.69) is 5.32 Å². The molecule has 0 aliphatic carbocycles. The van der Waals surface area contributed by atoms with E-state index in [0.29, 0.717) is 0 Å². The highest BCUT2D eigenvalue weighted by atomic mass is 16.7. The molecular weight excluding hydrogens is 386 g/mol. The van der Waals surface area contributed by atoms with Crippen molar-refractivity contribution >= 4 is 23.8 Å². The molecule has 0 radical (unpaired) electrons. The standard InChI is InChI=1S/C19H23NO9/c1-10(21)20-14-15(27-11(2)22)16(28-12(3)23)17(18(24)25)29-19(14)26-9-13-7-5-4-6-8-13/h4-8,14-17,19H,9H2,1-3H3,(H,20,21)(H,24,25)/p-1/t14-,15+,16-,17+,19+/m0/s1. The summed E-state index contributed by atoms with van der Waals surface area (Å²) in [4.78, 5) is 46.4. The fraction of sp³-hybridized carbons (Fsp3) is 0.474. The Morgan fingerprint density at radius 3 is 2.10 bits per heavy atom. The number of hydrogen-bond acceptors (Lipinski definition) is 9. The van der Waals surface area contributed by atoms with E-state index in [1.54, 1.807) is 24.3 Å². The highest BCUT2D eigenvalue weighted by molar-refractivity contribution is 5.75. The van der Waals surface area contributed by atoms with Crippen molar-refractivity contribution in [2.24, 2.45) is 0 Å². The smallest absolute Gasteiger partial charge is 0.303 e. The van der Waals surface area contributed by atoms with E-state index in [9.17, 15) is 24.3 Å². The van der Waals surface area contributed by atoms with Gasteiger partial charge in [0.25, 0.3) is 0 Å². The van der Waals surface area contributed by atoms with Crippen molar-refractivity contribution in [3.63, 3.8) is 0 Å². The van der Waals surface area contributed by atoms with Crippen LogP contribution in [0.1, 0.15) is 26.3 Å². The second-order valence-electron chi connectivity index (χ2n) is 6.42. The molecule has 1 aromatic rings. The zero-order chi connectivity index (χ0) is 21.6. The van der Waals surface area contributed by atoms with Crippen LogP contribution in [0.25, 0.3) is 0 Å². The first-order valence-electron chi connectivity index (χ1n) is 8.82. The molecule has 1 aliphatic rings. The molecule has 10 heteroatoms. The van der Waals surface area contributed by atoms with E-state index >= 15 is 0 Å². The van der Waals surface area contributed by atoms with Crippen molar-refractivity contribution < 1.29 is 43.2 Å². The third-order valence-electron chi connectivity index (χ3n) is 4.01. The zero-order valence-corrected chi connectivity index (χ0v) is 16.2. The lowest BCUT2D eigenvalue weighted by atomic mass is 9.95. The van der Waals surface area contributed by atoms with Crippen LogP contribution in [0.3, 0.4) is 0 Å². The number of nitrogens with one attached hydrogen (secondary N) is 1. The Labute approximate surface area is 167 Å². The van der Waals surface area contributed by atoms with Gasteiger partial charge in [0.15, 0.2) is 18.5 Å². The zero-order valence-electron chi connectivity index (χ0n) is 16.2. The van der Waals surface area contributed by atoms with Gasteiger partial charge in [-0.2, -0.15) is 0 Å². The van der Waals surface area contributed by atoms with Gasteiger partial charge in [-0.25, -0.2) is 0 Å². The summed E-state index contributed by atoms with van der Waals surface area (Å²) in [7, 11) is 0. The van der Waals surface area contributed by atoms with Crippen LogP contribution in [-0.2, 0) is 44.7 Å². The van der Waals surface area contributed by atoms with Crippen LogP contribution < -0.4 is 10.4 Å². The van der Waals surface area contributed by atoms with Gasteiger partial charge in [-0.15, -0.1) is 0 Å². The van der Waals surface area contributed by atoms with Crippen molar-refractivity contribution in [3.05, 3.63) is 35.9 Å². The Bertz CT molecular complexity index is 751. The number of rotatable bonds is 7. The number of aliphatic carboxylic acids is 1. The number of esters is 2. The SMILES string of the molecule is CC(=O)N[C@@H]1[C@H](OCc2ccccc2)O[C@@H](C(=O)[O-])[C@@H](OC(C)=O)[C@@H]1OC(C)=O. The summed E-state index contributed by atoms with van der Waals surface area (Å²) in [5.74, 6) is -3.81. The van der Waals surface area contributed by atoms with Gasteiger partial charge in [0.1, 0.15) is 12.1 Å². The van der Waals surface area contributed by atoms with E-state index in [-0.39, 0.29) is 6.61 Å². The Kier molecular flexibility index (Phi) is 7.68. The molecule has 1 amide bonds. The lowest BCUT2D eigenvalue weighted by molar-refractivity contribution is -0.342. The predicted molar refractivity (Wildman–Crippen MR) is 93.6 cm³/mol. The molecule has 0 aromatic heterocycles. The molecule has 1 N–H and O–H groups in total. The van der Waals surface area contributed by atoms with Gasteiger partial charge in [-0.05, 0) is 5.56 Å². The minimum Gasteiger partial charge on any atom is -0.547 e. The number of benzene rings is 1. The first kappa shape index (κ1) is 22.3. The molecule has 0 bridgehead atoms. The second-order valence-corrected chi connectivity index (χ2v) is 6.42. The van der Waals surface area contributed by atoms with Crippen LogP contribution in [0, 0.1) is 0 Å². The third-order valence-corrected chi connectivity index (χ3v) is 4.01. The van der Waals surface area contributed by atoms with Gasteiger partial charge in [0.2, 0.25) is 5.91 Å². The predicted octanol–water partition coefficient (Wildman–Crippen LogP) is -0.954. The maximum absolute atomic E-state index is 11.7. The van der Waals surface area contributed by atoms with Crippen molar-refractivity contribution in [3.8, 4) is 0 Å². The highest BCUT2D eigenvalue weighted by Crippen LogP contribution is 2.28. The molecule has 0 unspecified atom stereocenters. The van der Waals surface area contributed by atoms with E-state index < -0.39 is 54.5 Å². The highest BCUT2D eigenvalue weighted by Gasteiger charge is 2.51. The third kappa shape index (κ3) is 6.26. The molecule has 1 fully saturated rings. The van der Waals surface area contributed by atoms with Crippen molar-refractivity contribution in [2.75, 3.05) is 0 Å². The number of amides is 1. The van der Waals surface area contributed by atoms with Crippen LogP contribution in [0.4, 0.5) is 0 Å². The number of carboxylic acids is 1. The summed E-state index contributed by atoms with van der Waals surface area (Å²) in [5.41, 5.74) is 0.758. The summed E-state index contributed by atoms with van der Waals surface area (Å²) in [6.45, 7) is 3.39. The molecule has 2 rings (SSSR count). The molecular formula is C19H22NO9-. The molecule has 0 saturated carbocycles. The van der Waals surface area contributed by atoms with Crippen molar-refractivity contribution in [1.29, 1.82) is 0 Å². The lowest BCUT2D eigenvalue weighted by Crippen LogP contribution is -2.68. The fourth-order valence-corrected chi connectivity index (χ4v) is 2.96. The van der Waals surface area contributed by atoms with Gasteiger partial charge in [0, 0.05) is 20.8 Å². The molecule has 1 aliphatic heterocycles. The summed E-state index contributed by atoms with van der Waals surface area (Å²) in [5, 5.41) is 14.1. The largest absolute Gasteiger partial charge is 0.547 e. The number of carboxylic acid groups (broad SMARTS) is 1. The van der Waals surface area contributed by atoms with Crippen molar-refractivity contribution in [1.82, 2.24) is 5.32 Å². The van der Waals surface area contributed by atoms with E-state index in [1.807, 2.05) is 6.07 Å². The fourth-order valence-electron chi connectivity index (χ4n) is 2.96. The summed E-state index contributed by atoms with van der Waals surface area (Å²) in [6.07, 6.45) is -6.03. The molecule has 158 valence electrons. The van der Waals surface area contributed by atoms with E-state index in [4.69, 9.17) is 18.9 Å².